The van der Waals surface area contributed by atoms with E-state index in [-0.39, 0.29) is 10.8 Å². The zero-order valence-corrected chi connectivity index (χ0v) is 18.3. The molecule has 8 nitrogen and oxygen atoms in total. The zero-order chi connectivity index (χ0) is 23.4. The van der Waals surface area contributed by atoms with Gasteiger partial charge >= 0.3 is 0 Å². The molecule has 4 rings (SSSR count). The van der Waals surface area contributed by atoms with Crippen molar-refractivity contribution in [2.45, 2.75) is 6.92 Å². The van der Waals surface area contributed by atoms with E-state index in [1.54, 1.807) is 18.2 Å². The normalized spacial score (nSPS) is 10.9. The topological polar surface area (TPSA) is 110 Å². The van der Waals surface area contributed by atoms with Crippen molar-refractivity contribution < 1.29 is 14.1 Å². The third-order valence-corrected chi connectivity index (χ3v) is 4.86. The number of nitro groups is 1. The minimum atomic E-state index is -0.494. The van der Waals surface area contributed by atoms with Crippen molar-refractivity contribution in [3.05, 3.63) is 94.0 Å². The van der Waals surface area contributed by atoms with Gasteiger partial charge in [-0.15, -0.1) is 0 Å². The molecule has 9 heteroatoms. The number of benzene rings is 3. The molecule has 0 bridgehead atoms. The summed E-state index contributed by atoms with van der Waals surface area (Å²) in [7, 11) is 0. The van der Waals surface area contributed by atoms with Crippen LogP contribution in [0, 0.1) is 17.0 Å². The first-order valence-corrected chi connectivity index (χ1v) is 10.3. The number of hydrogen-bond acceptors (Lipinski definition) is 6. The van der Waals surface area contributed by atoms with Gasteiger partial charge < -0.3 is 9.73 Å². The van der Waals surface area contributed by atoms with E-state index in [9.17, 15) is 14.9 Å². The Morgan fingerprint density at radius 1 is 1.12 bits per heavy atom. The fraction of sp³-hybridized carbons (Fsp3) is 0.0417. The van der Waals surface area contributed by atoms with Crippen molar-refractivity contribution in [3.63, 3.8) is 0 Å². The summed E-state index contributed by atoms with van der Waals surface area (Å²) in [6.07, 6.45) is 2.73. The van der Waals surface area contributed by atoms with E-state index in [0.29, 0.717) is 22.7 Å². The van der Waals surface area contributed by atoms with Crippen LogP contribution in [-0.2, 0) is 4.79 Å². The number of fused-ring (bicyclic) bond motifs is 1. The number of aromatic nitrogens is 1. The maximum absolute atomic E-state index is 12.2. The van der Waals surface area contributed by atoms with E-state index in [4.69, 9.17) is 16.6 Å². The first kappa shape index (κ1) is 21.8. The number of carbonyl (C=O) groups excluding carboxylic acids is 1. The zero-order valence-electron chi connectivity index (χ0n) is 17.4. The van der Waals surface area contributed by atoms with Crippen molar-refractivity contribution >= 4 is 51.8 Å². The average molecular weight is 458 g/mol. The molecule has 0 spiro atoms. The second kappa shape index (κ2) is 9.41. The molecule has 0 atom stereocenters. The fourth-order valence-electron chi connectivity index (χ4n) is 3.12. The molecule has 1 aromatic heterocycles. The van der Waals surface area contributed by atoms with Gasteiger partial charge in [0.2, 0.25) is 11.8 Å². The summed E-state index contributed by atoms with van der Waals surface area (Å²) in [4.78, 5) is 27.0. The molecule has 0 aliphatic carbocycles. The number of hydrogen-bond donors (Lipinski definition) is 2. The first-order valence-electron chi connectivity index (χ1n) is 9.89. The lowest BCUT2D eigenvalue weighted by Crippen LogP contribution is -2.32. The van der Waals surface area contributed by atoms with Crippen LogP contribution in [0.1, 0.15) is 11.1 Å². The molecule has 0 saturated heterocycles. The Labute approximate surface area is 194 Å². The van der Waals surface area contributed by atoms with Crippen LogP contribution in [0.5, 0.6) is 0 Å². The number of thiocarbonyl (C=S) groups is 1. The van der Waals surface area contributed by atoms with E-state index in [1.807, 2.05) is 43.3 Å². The molecule has 4 aromatic rings. The number of nitrogens with one attached hydrogen (secondary N) is 2. The molecular formula is C24H18N4O4S. The molecular weight excluding hydrogens is 440 g/mol. The summed E-state index contributed by atoms with van der Waals surface area (Å²) >= 11 is 5.22. The summed E-state index contributed by atoms with van der Waals surface area (Å²) in [5.74, 6) is 0.0126. The van der Waals surface area contributed by atoms with Gasteiger partial charge in [0.05, 0.1) is 4.92 Å². The third kappa shape index (κ3) is 5.46. The summed E-state index contributed by atoms with van der Waals surface area (Å²) < 4.78 is 5.86. The van der Waals surface area contributed by atoms with Gasteiger partial charge in [-0.2, -0.15) is 0 Å². The summed E-state index contributed by atoms with van der Waals surface area (Å²) in [6, 6.07) is 19.1. The van der Waals surface area contributed by atoms with Gasteiger partial charge in [-0.1, -0.05) is 24.3 Å². The third-order valence-electron chi connectivity index (χ3n) is 4.66. The van der Waals surface area contributed by atoms with Gasteiger partial charge in [0.1, 0.15) is 5.52 Å². The van der Waals surface area contributed by atoms with Gasteiger partial charge in [-0.3, -0.25) is 20.2 Å². The molecule has 33 heavy (non-hydrogen) atoms. The van der Waals surface area contributed by atoms with E-state index >= 15 is 0 Å². The fourth-order valence-corrected chi connectivity index (χ4v) is 3.33. The van der Waals surface area contributed by atoms with E-state index < -0.39 is 10.8 Å². The lowest BCUT2D eigenvalue weighted by Gasteiger charge is -2.09. The Hall–Kier alpha value is -4.37. The Morgan fingerprint density at radius 3 is 2.76 bits per heavy atom. The van der Waals surface area contributed by atoms with Gasteiger partial charge in [-0.25, -0.2) is 4.98 Å². The van der Waals surface area contributed by atoms with Crippen molar-refractivity contribution in [3.8, 4) is 11.5 Å². The quantitative estimate of drug-likeness (QED) is 0.182. The Morgan fingerprint density at radius 2 is 1.94 bits per heavy atom. The minimum absolute atomic E-state index is 0.0521. The summed E-state index contributed by atoms with van der Waals surface area (Å²) in [6.45, 7) is 1.99. The Kier molecular flexibility index (Phi) is 6.23. The highest BCUT2D eigenvalue weighted by Gasteiger charge is 2.10. The summed E-state index contributed by atoms with van der Waals surface area (Å²) in [5.41, 5.74) is 4.45. The number of non-ortho nitro benzene ring substituents is 1. The first-order chi connectivity index (χ1) is 15.9. The predicted octanol–water partition coefficient (Wildman–Crippen LogP) is 5.24. The SMILES string of the molecule is Cc1ccc2nc(-c3cccc(NC(=S)NC(=O)/C=C/c4cccc([N+](=O)[O-])c4)c3)oc2c1. The highest BCUT2D eigenvalue weighted by molar-refractivity contribution is 7.80. The highest BCUT2D eigenvalue weighted by Crippen LogP contribution is 2.26. The molecule has 0 saturated carbocycles. The largest absolute Gasteiger partial charge is 0.436 e. The summed E-state index contributed by atoms with van der Waals surface area (Å²) in [5, 5.41) is 16.5. The molecule has 0 radical (unpaired) electrons. The lowest BCUT2D eigenvalue weighted by atomic mass is 10.2. The van der Waals surface area contributed by atoms with E-state index in [1.165, 1.54) is 24.3 Å². The molecule has 164 valence electrons. The van der Waals surface area contributed by atoms with Crippen LogP contribution >= 0.6 is 12.2 Å². The van der Waals surface area contributed by atoms with Gasteiger partial charge in [0, 0.05) is 29.5 Å². The Bertz CT molecular complexity index is 1410. The second-order valence-electron chi connectivity index (χ2n) is 7.20. The van der Waals surface area contributed by atoms with Crippen LogP contribution in [0.2, 0.25) is 0 Å². The number of nitrogens with zero attached hydrogens (tertiary/aromatic N) is 2. The maximum atomic E-state index is 12.2. The van der Waals surface area contributed by atoms with Crippen molar-refractivity contribution in [2.24, 2.45) is 0 Å². The Balaban J connectivity index is 1.40. The molecule has 0 aliphatic heterocycles. The number of carbonyl (C=O) groups is 1. The number of amides is 1. The molecule has 0 unspecified atom stereocenters. The van der Waals surface area contributed by atoms with Crippen LogP contribution in [0.15, 0.2) is 77.2 Å². The number of anilines is 1. The molecule has 1 heterocycles. The average Bonchev–Trinajstić information content (AvgIpc) is 3.21. The monoisotopic (exact) mass is 458 g/mol. The number of aryl methyl sites for hydroxylation is 1. The van der Waals surface area contributed by atoms with Crippen LogP contribution in [-0.4, -0.2) is 20.9 Å². The van der Waals surface area contributed by atoms with Gasteiger partial charge in [0.25, 0.3) is 5.69 Å². The molecule has 1 amide bonds. The number of oxazole rings is 1. The lowest BCUT2D eigenvalue weighted by molar-refractivity contribution is -0.384. The minimum Gasteiger partial charge on any atom is -0.436 e. The van der Waals surface area contributed by atoms with Crippen LogP contribution in [0.4, 0.5) is 11.4 Å². The second-order valence-corrected chi connectivity index (χ2v) is 7.61. The highest BCUT2D eigenvalue weighted by atomic mass is 32.1. The molecule has 0 aliphatic rings. The van der Waals surface area contributed by atoms with Gasteiger partial charge in [-0.05, 0) is 66.7 Å². The maximum Gasteiger partial charge on any atom is 0.270 e. The molecule has 3 aromatic carbocycles. The van der Waals surface area contributed by atoms with Gasteiger partial charge in [0.15, 0.2) is 10.7 Å². The standard InChI is InChI=1S/C24H18N4O4S/c1-15-8-10-20-21(12-15)32-23(26-20)17-5-3-6-18(14-17)25-24(33)27-22(29)11-9-16-4-2-7-19(13-16)28(30)31/h2-14H,1H3,(H2,25,27,29,33)/b11-9+. The smallest absolute Gasteiger partial charge is 0.270 e. The van der Waals surface area contributed by atoms with Crippen LogP contribution in [0.25, 0.3) is 28.6 Å². The van der Waals surface area contributed by atoms with E-state index in [2.05, 4.69) is 15.6 Å². The predicted molar refractivity (Wildman–Crippen MR) is 131 cm³/mol. The molecule has 2 N–H and O–H groups in total. The van der Waals surface area contributed by atoms with Crippen molar-refractivity contribution in [1.29, 1.82) is 0 Å². The van der Waals surface area contributed by atoms with Crippen LogP contribution < -0.4 is 10.6 Å². The van der Waals surface area contributed by atoms with Crippen LogP contribution in [0.3, 0.4) is 0 Å². The number of nitro benzene ring substituents is 1. The van der Waals surface area contributed by atoms with E-state index in [0.717, 1.165) is 16.6 Å². The number of rotatable bonds is 5. The van der Waals surface area contributed by atoms with Crippen molar-refractivity contribution in [2.75, 3.05) is 5.32 Å². The van der Waals surface area contributed by atoms with Crippen molar-refractivity contribution in [1.82, 2.24) is 10.3 Å². The molecule has 0 fully saturated rings.